The van der Waals surface area contributed by atoms with Crippen molar-refractivity contribution in [3.05, 3.63) is 35.4 Å². The van der Waals surface area contributed by atoms with Crippen LogP contribution in [0.15, 0.2) is 24.3 Å². The molecule has 18 heavy (non-hydrogen) atoms. The number of unbranched alkanes of at least 4 members (excludes halogenated alkanes) is 2. The summed E-state index contributed by atoms with van der Waals surface area (Å²) >= 11 is 0. The Hall–Kier alpha value is -1.35. The van der Waals surface area contributed by atoms with Gasteiger partial charge in [-0.3, -0.25) is 4.79 Å². The number of nitrogens with zero attached hydrogens (tertiary/aromatic N) is 1. The highest BCUT2D eigenvalue weighted by Gasteiger charge is 2.13. The Kier molecular flexibility index (Phi) is 6.44. The van der Waals surface area contributed by atoms with E-state index in [1.54, 1.807) is 0 Å². The molecule has 1 rings (SSSR count). The van der Waals surface area contributed by atoms with Gasteiger partial charge in [-0.1, -0.05) is 31.5 Å². The molecule has 1 aromatic carbocycles. The fraction of sp³-hybridized carbons (Fsp3) is 0.533. The fourth-order valence-electron chi connectivity index (χ4n) is 2.01. The van der Waals surface area contributed by atoms with Crippen molar-refractivity contribution in [1.82, 2.24) is 4.90 Å². The number of nitrogens with two attached hydrogens (primary N) is 1. The molecule has 0 spiro atoms. The molecule has 0 aliphatic carbocycles. The molecular formula is C15H24N2O. The van der Waals surface area contributed by atoms with Crippen LogP contribution in [0.1, 0.15) is 42.1 Å². The Labute approximate surface area is 110 Å². The fourth-order valence-corrected chi connectivity index (χ4v) is 2.01. The van der Waals surface area contributed by atoms with Gasteiger partial charge in [0.1, 0.15) is 0 Å². The van der Waals surface area contributed by atoms with Crippen LogP contribution in [0.2, 0.25) is 0 Å². The summed E-state index contributed by atoms with van der Waals surface area (Å²) in [6.07, 6.45) is 4.04. The van der Waals surface area contributed by atoms with Gasteiger partial charge in [0.2, 0.25) is 0 Å². The smallest absolute Gasteiger partial charge is 0.253 e. The van der Waals surface area contributed by atoms with Gasteiger partial charge in [0.25, 0.3) is 5.91 Å². The normalized spacial score (nSPS) is 10.4. The Morgan fingerprint density at radius 3 is 2.61 bits per heavy atom. The summed E-state index contributed by atoms with van der Waals surface area (Å²) in [5, 5.41) is 0. The van der Waals surface area contributed by atoms with Crippen molar-refractivity contribution in [2.45, 2.75) is 32.6 Å². The number of hydrogen-bond acceptors (Lipinski definition) is 2. The quantitative estimate of drug-likeness (QED) is 0.753. The predicted molar refractivity (Wildman–Crippen MR) is 75.7 cm³/mol. The number of benzene rings is 1. The predicted octanol–water partition coefficient (Wildman–Crippen LogP) is 2.45. The van der Waals surface area contributed by atoms with Gasteiger partial charge in [-0.15, -0.1) is 0 Å². The first kappa shape index (κ1) is 14.7. The van der Waals surface area contributed by atoms with E-state index in [0.717, 1.165) is 49.9 Å². The summed E-state index contributed by atoms with van der Waals surface area (Å²) in [7, 11) is 1.87. The molecule has 3 heteroatoms. The zero-order valence-corrected chi connectivity index (χ0v) is 11.5. The van der Waals surface area contributed by atoms with Crippen molar-refractivity contribution in [1.29, 1.82) is 0 Å². The van der Waals surface area contributed by atoms with Crippen LogP contribution < -0.4 is 5.73 Å². The lowest BCUT2D eigenvalue weighted by Gasteiger charge is -2.18. The Balaban J connectivity index is 2.57. The molecule has 0 saturated heterocycles. The monoisotopic (exact) mass is 248 g/mol. The number of amides is 1. The van der Waals surface area contributed by atoms with Gasteiger partial charge in [-0.2, -0.15) is 0 Å². The molecule has 0 aliphatic heterocycles. The maximum absolute atomic E-state index is 12.3. The van der Waals surface area contributed by atoms with Crippen molar-refractivity contribution in [3.63, 3.8) is 0 Å². The zero-order chi connectivity index (χ0) is 13.4. The molecule has 1 aromatic rings. The SMILES string of the molecule is CCc1ccccc1C(=O)N(C)CCCCCN. The van der Waals surface area contributed by atoms with E-state index in [1.165, 1.54) is 0 Å². The van der Waals surface area contributed by atoms with Crippen LogP contribution in [0.4, 0.5) is 0 Å². The van der Waals surface area contributed by atoms with Crippen LogP contribution >= 0.6 is 0 Å². The summed E-state index contributed by atoms with van der Waals surface area (Å²) in [4.78, 5) is 14.1. The first-order valence-electron chi connectivity index (χ1n) is 6.74. The second-order valence-electron chi connectivity index (χ2n) is 4.59. The minimum atomic E-state index is 0.125. The van der Waals surface area contributed by atoms with Crippen molar-refractivity contribution in [3.8, 4) is 0 Å². The first-order chi connectivity index (χ1) is 8.70. The molecule has 0 aromatic heterocycles. The molecule has 1 amide bonds. The first-order valence-corrected chi connectivity index (χ1v) is 6.74. The van der Waals surface area contributed by atoms with Gasteiger partial charge in [0.05, 0.1) is 0 Å². The molecule has 0 fully saturated rings. The third-order valence-electron chi connectivity index (χ3n) is 3.17. The second kappa shape index (κ2) is 7.88. The Morgan fingerprint density at radius 2 is 1.94 bits per heavy atom. The molecular weight excluding hydrogens is 224 g/mol. The summed E-state index contributed by atoms with van der Waals surface area (Å²) in [6.45, 7) is 3.61. The van der Waals surface area contributed by atoms with E-state index in [4.69, 9.17) is 5.73 Å². The van der Waals surface area contributed by atoms with Crippen LogP contribution in [0, 0.1) is 0 Å². The van der Waals surface area contributed by atoms with Crippen LogP contribution in [0.3, 0.4) is 0 Å². The molecule has 0 bridgehead atoms. The van der Waals surface area contributed by atoms with E-state index in [-0.39, 0.29) is 5.91 Å². The highest BCUT2D eigenvalue weighted by Crippen LogP contribution is 2.12. The van der Waals surface area contributed by atoms with Crippen molar-refractivity contribution < 1.29 is 4.79 Å². The average molecular weight is 248 g/mol. The summed E-state index contributed by atoms with van der Waals surface area (Å²) in [5.74, 6) is 0.125. The maximum atomic E-state index is 12.3. The van der Waals surface area contributed by atoms with Crippen molar-refractivity contribution >= 4 is 5.91 Å². The molecule has 0 aliphatic rings. The number of carbonyl (C=O) groups excluding carboxylic acids is 1. The van der Waals surface area contributed by atoms with Crippen LogP contribution in [0.25, 0.3) is 0 Å². The van der Waals surface area contributed by atoms with Gasteiger partial charge >= 0.3 is 0 Å². The summed E-state index contributed by atoms with van der Waals surface area (Å²) < 4.78 is 0. The molecule has 100 valence electrons. The number of hydrogen-bond donors (Lipinski definition) is 1. The van der Waals surface area contributed by atoms with E-state index in [2.05, 4.69) is 6.92 Å². The van der Waals surface area contributed by atoms with Gasteiger partial charge in [0.15, 0.2) is 0 Å². The molecule has 2 N–H and O–H groups in total. The van der Waals surface area contributed by atoms with E-state index in [1.807, 2.05) is 36.2 Å². The average Bonchev–Trinajstić information content (AvgIpc) is 2.42. The molecule has 0 unspecified atom stereocenters. The minimum absolute atomic E-state index is 0.125. The molecule has 0 atom stereocenters. The van der Waals surface area contributed by atoms with Crippen LogP contribution in [-0.2, 0) is 6.42 Å². The zero-order valence-electron chi connectivity index (χ0n) is 11.5. The Morgan fingerprint density at radius 1 is 1.22 bits per heavy atom. The van der Waals surface area contributed by atoms with E-state index < -0.39 is 0 Å². The topological polar surface area (TPSA) is 46.3 Å². The summed E-state index contributed by atoms with van der Waals surface area (Å²) in [5.41, 5.74) is 7.41. The number of rotatable bonds is 7. The molecule has 0 heterocycles. The molecule has 0 radical (unpaired) electrons. The lowest BCUT2D eigenvalue weighted by Crippen LogP contribution is -2.28. The third kappa shape index (κ3) is 4.15. The number of aryl methyl sites for hydroxylation is 1. The van der Waals surface area contributed by atoms with E-state index >= 15 is 0 Å². The lowest BCUT2D eigenvalue weighted by molar-refractivity contribution is 0.0791. The molecule has 0 saturated carbocycles. The van der Waals surface area contributed by atoms with Crippen molar-refractivity contribution in [2.24, 2.45) is 5.73 Å². The lowest BCUT2D eigenvalue weighted by atomic mass is 10.0. The van der Waals surface area contributed by atoms with Gasteiger partial charge < -0.3 is 10.6 Å². The second-order valence-corrected chi connectivity index (χ2v) is 4.59. The van der Waals surface area contributed by atoms with Gasteiger partial charge in [-0.05, 0) is 37.4 Å². The van der Waals surface area contributed by atoms with E-state index in [9.17, 15) is 4.79 Å². The largest absolute Gasteiger partial charge is 0.342 e. The molecule has 3 nitrogen and oxygen atoms in total. The van der Waals surface area contributed by atoms with E-state index in [0.29, 0.717) is 0 Å². The van der Waals surface area contributed by atoms with Gasteiger partial charge in [0, 0.05) is 19.2 Å². The highest BCUT2D eigenvalue weighted by molar-refractivity contribution is 5.95. The number of carbonyl (C=O) groups is 1. The minimum Gasteiger partial charge on any atom is -0.342 e. The van der Waals surface area contributed by atoms with Crippen LogP contribution in [-0.4, -0.2) is 30.9 Å². The highest BCUT2D eigenvalue weighted by atomic mass is 16.2. The Bertz CT molecular complexity index is 377. The maximum Gasteiger partial charge on any atom is 0.253 e. The van der Waals surface area contributed by atoms with Crippen molar-refractivity contribution in [2.75, 3.05) is 20.1 Å². The van der Waals surface area contributed by atoms with Gasteiger partial charge in [-0.25, -0.2) is 0 Å². The standard InChI is InChI=1S/C15H24N2O/c1-3-13-9-5-6-10-14(13)15(18)17(2)12-8-4-7-11-16/h5-6,9-10H,3-4,7-8,11-12,16H2,1-2H3. The van der Waals surface area contributed by atoms with Crippen LogP contribution in [0.5, 0.6) is 0 Å². The summed E-state index contributed by atoms with van der Waals surface area (Å²) in [6, 6.07) is 7.85. The third-order valence-corrected chi connectivity index (χ3v) is 3.17.